The van der Waals surface area contributed by atoms with E-state index in [0.717, 1.165) is 34.3 Å². The molecule has 332 valence electrons. The molecule has 0 aliphatic carbocycles. The maximum absolute atomic E-state index is 14.6. The van der Waals surface area contributed by atoms with Crippen molar-refractivity contribution in [2.75, 3.05) is 33.8 Å². The molecule has 0 unspecified atom stereocenters. The summed E-state index contributed by atoms with van der Waals surface area (Å²) in [4.78, 5) is 92.3. The van der Waals surface area contributed by atoms with Gasteiger partial charge in [-0.25, -0.2) is 0 Å². The number of ether oxygens (including phenoxy) is 1. The molecule has 2 aliphatic rings. The van der Waals surface area contributed by atoms with Crippen LogP contribution >= 0.6 is 0 Å². The summed E-state index contributed by atoms with van der Waals surface area (Å²) < 4.78 is 5.30. The second kappa shape index (κ2) is 20.1. The molecular formula is C45H60N10O7. The molecule has 0 bridgehead atoms. The number of rotatable bonds is 9. The van der Waals surface area contributed by atoms with Gasteiger partial charge in [0, 0.05) is 73.3 Å². The minimum Gasteiger partial charge on any atom is -0.497 e. The number of fused-ring (bicyclic) bond motifs is 2. The van der Waals surface area contributed by atoms with E-state index in [9.17, 15) is 28.8 Å². The quantitative estimate of drug-likeness (QED) is 0.131. The van der Waals surface area contributed by atoms with Gasteiger partial charge in [0.1, 0.15) is 29.9 Å². The molecular weight excluding hydrogens is 793 g/mol. The molecule has 4 heterocycles. The molecule has 17 heteroatoms. The predicted molar refractivity (Wildman–Crippen MR) is 233 cm³/mol. The molecule has 2 aromatic carbocycles. The van der Waals surface area contributed by atoms with E-state index in [4.69, 9.17) is 4.74 Å². The number of carbonyl (C=O) groups excluding carboxylic acids is 6. The van der Waals surface area contributed by atoms with Gasteiger partial charge in [-0.05, 0) is 61.6 Å². The second-order valence-corrected chi connectivity index (χ2v) is 17.3. The SMILES string of the molecule is COc1ccc(C[C@@H]2NC(=O)[C@H](CC(C)C)NC(=O)[C@@H](Cc3c[nH]c4ccccc34)NC(=O)CN(C(=O)c3n[nH]c4c3CN(C)CC4)C[C@H](C(C)C)NC(=O)[C@@H](C)NC2=O)cc1. The Kier molecular flexibility index (Phi) is 14.7. The molecule has 0 spiro atoms. The fourth-order valence-electron chi connectivity index (χ4n) is 7.92. The van der Waals surface area contributed by atoms with Crippen molar-refractivity contribution in [3.05, 3.63) is 82.8 Å². The van der Waals surface area contributed by atoms with Crippen molar-refractivity contribution in [3.63, 3.8) is 0 Å². The monoisotopic (exact) mass is 852 g/mol. The van der Waals surface area contributed by atoms with Crippen LogP contribution in [0.15, 0.2) is 54.7 Å². The van der Waals surface area contributed by atoms with E-state index in [-0.39, 0.29) is 43.3 Å². The molecule has 4 aromatic rings. The Morgan fingerprint density at radius 1 is 0.823 bits per heavy atom. The predicted octanol–water partition coefficient (Wildman–Crippen LogP) is 1.97. The number of hydrogen-bond acceptors (Lipinski definition) is 9. The molecule has 1 fully saturated rings. The summed E-state index contributed by atoms with van der Waals surface area (Å²) in [5, 5.41) is 22.7. The second-order valence-electron chi connectivity index (χ2n) is 17.3. The van der Waals surface area contributed by atoms with E-state index < -0.39 is 72.2 Å². The smallest absolute Gasteiger partial charge is 0.275 e. The van der Waals surface area contributed by atoms with Gasteiger partial charge in [-0.15, -0.1) is 0 Å². The van der Waals surface area contributed by atoms with Crippen LogP contribution in [0, 0.1) is 11.8 Å². The van der Waals surface area contributed by atoms with E-state index in [1.165, 1.54) is 11.8 Å². The highest BCUT2D eigenvalue weighted by molar-refractivity contribution is 5.99. The van der Waals surface area contributed by atoms with E-state index in [1.54, 1.807) is 37.6 Å². The Balaban J connectivity index is 1.39. The molecule has 6 rings (SSSR count). The Morgan fingerprint density at radius 3 is 2.21 bits per heavy atom. The number of benzene rings is 2. The van der Waals surface area contributed by atoms with Crippen LogP contribution in [0.1, 0.15) is 73.9 Å². The zero-order valence-electron chi connectivity index (χ0n) is 36.6. The van der Waals surface area contributed by atoms with Gasteiger partial charge in [-0.3, -0.25) is 33.9 Å². The molecule has 0 radical (unpaired) electrons. The lowest BCUT2D eigenvalue weighted by molar-refractivity contribution is -0.135. The number of aromatic nitrogens is 3. The van der Waals surface area contributed by atoms with E-state index in [1.807, 2.05) is 59.0 Å². The molecule has 0 saturated carbocycles. The van der Waals surface area contributed by atoms with Crippen LogP contribution < -0.4 is 31.3 Å². The van der Waals surface area contributed by atoms with Crippen molar-refractivity contribution in [2.24, 2.45) is 11.8 Å². The summed E-state index contributed by atoms with van der Waals surface area (Å²) in [5.41, 5.74) is 4.06. The zero-order valence-corrected chi connectivity index (χ0v) is 36.6. The molecule has 2 aromatic heterocycles. The largest absolute Gasteiger partial charge is 0.497 e. The highest BCUT2D eigenvalue weighted by Gasteiger charge is 2.35. The standard InChI is InChI=1S/C45H60N10O7/c1-25(2)18-35-43(59)50-36(19-28-12-14-30(62-7)15-13-28)42(58)47-27(5)41(57)51-38(26(3)4)23-55(45(61)40-32-22-54(6)17-16-34(32)52-53-40)24-39(56)48-37(44(60)49-35)20-29-21-46-33-11-9-8-10-31(29)33/h8-15,21,25-27,35-38,46H,16-20,22-24H2,1-7H3,(H,47,58)(H,48,56)(H,49,60)(H,50,59)(H,51,57)(H,52,53)/t27-,35+,36+,37-,38-/m1/s1. The average Bonchev–Trinajstić information content (AvgIpc) is 3.85. The first-order chi connectivity index (χ1) is 29.6. The first-order valence-electron chi connectivity index (χ1n) is 21.3. The number of hydrogen-bond donors (Lipinski definition) is 7. The van der Waals surface area contributed by atoms with Crippen molar-refractivity contribution in [2.45, 2.75) is 97.1 Å². The molecule has 7 N–H and O–H groups in total. The van der Waals surface area contributed by atoms with Crippen molar-refractivity contribution < 1.29 is 33.5 Å². The molecule has 6 amide bonds. The summed E-state index contributed by atoms with van der Waals surface area (Å²) in [5.74, 6) is -3.19. The summed E-state index contributed by atoms with van der Waals surface area (Å²) in [6.45, 7) is 9.81. The maximum atomic E-state index is 14.6. The normalized spacial score (nSPS) is 22.6. The van der Waals surface area contributed by atoms with Crippen molar-refractivity contribution >= 4 is 46.3 Å². The lowest BCUT2D eigenvalue weighted by Crippen LogP contribution is -2.60. The fourth-order valence-corrected chi connectivity index (χ4v) is 7.92. The third-order valence-electron chi connectivity index (χ3n) is 11.6. The number of para-hydroxylation sites is 1. The third-order valence-corrected chi connectivity index (χ3v) is 11.6. The fraction of sp³-hybridized carbons (Fsp3) is 0.489. The number of nitrogens with one attached hydrogen (secondary N) is 7. The van der Waals surface area contributed by atoms with Crippen molar-refractivity contribution in [1.82, 2.24) is 51.6 Å². The summed E-state index contributed by atoms with van der Waals surface area (Å²) in [6.07, 6.45) is 2.78. The van der Waals surface area contributed by atoms with Crippen LogP contribution in [-0.2, 0) is 49.8 Å². The van der Waals surface area contributed by atoms with Crippen LogP contribution in [0.5, 0.6) is 5.75 Å². The zero-order chi connectivity index (χ0) is 44.7. The van der Waals surface area contributed by atoms with Gasteiger partial charge in [-0.2, -0.15) is 5.10 Å². The Bertz CT molecular complexity index is 2250. The van der Waals surface area contributed by atoms with E-state index in [2.05, 4.69) is 46.7 Å². The van der Waals surface area contributed by atoms with Crippen LogP contribution in [0.25, 0.3) is 10.9 Å². The number of carbonyl (C=O) groups is 6. The van der Waals surface area contributed by atoms with Gasteiger partial charge in [0.05, 0.1) is 13.7 Å². The van der Waals surface area contributed by atoms with Gasteiger partial charge in [0.25, 0.3) is 5.91 Å². The molecule has 1 saturated heterocycles. The Labute approximate surface area is 361 Å². The first-order valence-corrected chi connectivity index (χ1v) is 21.3. The summed E-state index contributed by atoms with van der Waals surface area (Å²) in [7, 11) is 3.50. The average molecular weight is 853 g/mol. The number of aromatic amines is 2. The summed E-state index contributed by atoms with van der Waals surface area (Å²) in [6, 6.07) is 9.46. The van der Waals surface area contributed by atoms with Gasteiger partial charge in [0.2, 0.25) is 29.5 Å². The van der Waals surface area contributed by atoms with Gasteiger partial charge >= 0.3 is 0 Å². The number of H-pyrrole nitrogens is 2. The van der Waals surface area contributed by atoms with E-state index in [0.29, 0.717) is 24.3 Å². The van der Waals surface area contributed by atoms with Gasteiger partial charge in [0.15, 0.2) is 5.69 Å². The minimum absolute atomic E-state index is 0.0514. The lowest BCUT2D eigenvalue weighted by Gasteiger charge is -2.32. The van der Waals surface area contributed by atoms with Crippen LogP contribution in [0.4, 0.5) is 0 Å². The van der Waals surface area contributed by atoms with Crippen molar-refractivity contribution in [1.29, 1.82) is 0 Å². The molecule has 62 heavy (non-hydrogen) atoms. The van der Waals surface area contributed by atoms with Crippen LogP contribution in [0.2, 0.25) is 0 Å². The topological polar surface area (TPSA) is 223 Å². The molecule has 2 aliphatic heterocycles. The lowest BCUT2D eigenvalue weighted by atomic mass is 9.99. The number of amides is 6. The minimum atomic E-state index is -1.19. The number of methoxy groups -OCH3 is 1. The van der Waals surface area contributed by atoms with Crippen molar-refractivity contribution in [3.8, 4) is 5.75 Å². The molecule has 17 nitrogen and oxygen atoms in total. The maximum Gasteiger partial charge on any atom is 0.275 e. The first kappa shape index (κ1) is 45.3. The van der Waals surface area contributed by atoms with E-state index >= 15 is 0 Å². The highest BCUT2D eigenvalue weighted by Crippen LogP contribution is 2.23. The number of nitrogens with zero attached hydrogens (tertiary/aromatic N) is 3. The highest BCUT2D eigenvalue weighted by atomic mass is 16.5. The van der Waals surface area contributed by atoms with Gasteiger partial charge < -0.3 is 46.1 Å². The Hall–Kier alpha value is -6.23. The summed E-state index contributed by atoms with van der Waals surface area (Å²) >= 11 is 0. The van der Waals surface area contributed by atoms with Crippen LogP contribution in [-0.4, -0.2) is 124 Å². The molecule has 5 atom stereocenters. The Morgan fingerprint density at radius 2 is 1.50 bits per heavy atom. The number of likely N-dealkylation sites (N-methyl/N-ethyl adjacent to an activating group) is 1. The van der Waals surface area contributed by atoms with Gasteiger partial charge in [-0.1, -0.05) is 58.0 Å². The third kappa shape index (κ3) is 11.2. The van der Waals surface area contributed by atoms with Crippen LogP contribution in [0.3, 0.4) is 0 Å².